The van der Waals surface area contributed by atoms with E-state index in [4.69, 9.17) is 10.2 Å². The van der Waals surface area contributed by atoms with Crippen LogP contribution in [0.4, 0.5) is 0 Å². The first-order valence-electron chi connectivity index (χ1n) is 8.30. The number of piperidine rings is 1. The lowest BCUT2D eigenvalue weighted by atomic mass is 10.0. The van der Waals surface area contributed by atoms with Crippen molar-refractivity contribution in [1.29, 1.82) is 0 Å². The van der Waals surface area contributed by atoms with E-state index in [2.05, 4.69) is 43.0 Å². The van der Waals surface area contributed by atoms with E-state index in [0.717, 1.165) is 17.4 Å². The van der Waals surface area contributed by atoms with Gasteiger partial charge in [-0.3, -0.25) is 4.90 Å². The molecule has 0 aromatic carbocycles. The summed E-state index contributed by atoms with van der Waals surface area (Å²) < 4.78 is 6.13. The van der Waals surface area contributed by atoms with Crippen molar-refractivity contribution in [3.8, 4) is 0 Å². The van der Waals surface area contributed by atoms with E-state index < -0.39 is 0 Å². The maximum Gasteiger partial charge on any atom is 0.122 e. The molecular formula is C17H29N3O. The van der Waals surface area contributed by atoms with Gasteiger partial charge in [0.05, 0.1) is 6.04 Å². The van der Waals surface area contributed by atoms with E-state index >= 15 is 0 Å². The molecule has 1 aliphatic heterocycles. The molecular weight excluding hydrogens is 262 g/mol. The van der Waals surface area contributed by atoms with Crippen LogP contribution < -0.4 is 5.73 Å². The summed E-state index contributed by atoms with van der Waals surface area (Å²) in [5, 5.41) is 0. The van der Waals surface area contributed by atoms with Gasteiger partial charge in [-0.05, 0) is 64.5 Å². The van der Waals surface area contributed by atoms with E-state index in [0.29, 0.717) is 18.5 Å². The number of furan rings is 1. The summed E-state index contributed by atoms with van der Waals surface area (Å²) in [6.07, 6.45) is 3.71. The Kier molecular flexibility index (Phi) is 4.38. The molecule has 4 heteroatoms. The molecule has 3 unspecified atom stereocenters. The van der Waals surface area contributed by atoms with Crippen molar-refractivity contribution in [1.82, 2.24) is 9.80 Å². The van der Waals surface area contributed by atoms with Gasteiger partial charge in [0.2, 0.25) is 0 Å². The lowest BCUT2D eigenvalue weighted by molar-refractivity contribution is 0.0991. The molecule has 3 atom stereocenters. The minimum Gasteiger partial charge on any atom is -0.464 e. The molecule has 2 fully saturated rings. The maximum atomic E-state index is 6.13. The molecule has 118 valence electrons. The van der Waals surface area contributed by atoms with Gasteiger partial charge >= 0.3 is 0 Å². The van der Waals surface area contributed by atoms with Crippen LogP contribution in [-0.4, -0.2) is 49.6 Å². The molecule has 4 nitrogen and oxygen atoms in total. The predicted molar refractivity (Wildman–Crippen MR) is 85.3 cm³/mol. The van der Waals surface area contributed by atoms with Crippen molar-refractivity contribution in [3.05, 3.63) is 23.7 Å². The Labute approximate surface area is 128 Å². The largest absolute Gasteiger partial charge is 0.464 e. The lowest BCUT2D eigenvalue weighted by Crippen LogP contribution is -2.44. The molecule has 1 aromatic rings. The summed E-state index contributed by atoms with van der Waals surface area (Å²) in [5.74, 6) is 3.64. The highest BCUT2D eigenvalue weighted by atomic mass is 16.3. The number of hydrogen-bond donors (Lipinski definition) is 1. The molecule has 1 aromatic heterocycles. The van der Waals surface area contributed by atoms with Crippen molar-refractivity contribution in [3.63, 3.8) is 0 Å². The van der Waals surface area contributed by atoms with Gasteiger partial charge in [0.15, 0.2) is 0 Å². The molecule has 0 spiro atoms. The molecule has 0 bridgehead atoms. The zero-order chi connectivity index (χ0) is 15.0. The van der Waals surface area contributed by atoms with E-state index in [1.54, 1.807) is 0 Å². The van der Waals surface area contributed by atoms with E-state index in [1.165, 1.54) is 32.4 Å². The minimum atomic E-state index is 0.209. The second-order valence-corrected chi connectivity index (χ2v) is 7.01. The third-order valence-electron chi connectivity index (χ3n) is 5.43. The van der Waals surface area contributed by atoms with Gasteiger partial charge in [-0.15, -0.1) is 0 Å². The minimum absolute atomic E-state index is 0.209. The van der Waals surface area contributed by atoms with Crippen LogP contribution in [0.1, 0.15) is 49.7 Å². The Balaban J connectivity index is 1.67. The summed E-state index contributed by atoms with van der Waals surface area (Å²) in [5.41, 5.74) is 6.06. The Morgan fingerprint density at radius 2 is 2.05 bits per heavy atom. The van der Waals surface area contributed by atoms with Gasteiger partial charge in [0, 0.05) is 18.5 Å². The van der Waals surface area contributed by atoms with Gasteiger partial charge in [-0.25, -0.2) is 0 Å². The Morgan fingerprint density at radius 3 is 2.62 bits per heavy atom. The van der Waals surface area contributed by atoms with Gasteiger partial charge in [-0.2, -0.15) is 0 Å². The fraction of sp³-hybridized carbons (Fsp3) is 0.765. The molecule has 2 N–H and O–H groups in total. The van der Waals surface area contributed by atoms with Crippen molar-refractivity contribution in [2.45, 2.75) is 44.2 Å². The second-order valence-electron chi connectivity index (χ2n) is 7.01. The van der Waals surface area contributed by atoms with Gasteiger partial charge in [-0.1, -0.05) is 6.92 Å². The quantitative estimate of drug-likeness (QED) is 0.905. The van der Waals surface area contributed by atoms with Crippen molar-refractivity contribution < 1.29 is 4.42 Å². The molecule has 1 aliphatic carbocycles. The lowest BCUT2D eigenvalue weighted by Gasteiger charge is -2.38. The average Bonchev–Trinajstić information content (AvgIpc) is 3.01. The topological polar surface area (TPSA) is 45.6 Å². The van der Waals surface area contributed by atoms with Crippen LogP contribution in [0.5, 0.6) is 0 Å². The first-order chi connectivity index (χ1) is 10.1. The van der Waals surface area contributed by atoms with Crippen LogP contribution in [0.2, 0.25) is 0 Å². The molecule has 3 rings (SSSR count). The first-order valence-corrected chi connectivity index (χ1v) is 8.30. The SMILES string of the molecule is CC1CC1c1ccc(C(CN)N(C)C2CCN(C)CC2)o1. The van der Waals surface area contributed by atoms with E-state index in [-0.39, 0.29) is 6.04 Å². The molecule has 1 saturated carbocycles. The van der Waals surface area contributed by atoms with Crippen molar-refractivity contribution in [2.24, 2.45) is 11.7 Å². The second kappa shape index (κ2) is 6.11. The van der Waals surface area contributed by atoms with Crippen LogP contribution in [-0.2, 0) is 0 Å². The highest BCUT2D eigenvalue weighted by Gasteiger charge is 2.37. The van der Waals surface area contributed by atoms with Crippen LogP contribution in [0.25, 0.3) is 0 Å². The summed E-state index contributed by atoms with van der Waals surface area (Å²) in [6, 6.07) is 5.13. The molecule has 21 heavy (non-hydrogen) atoms. The fourth-order valence-corrected chi connectivity index (χ4v) is 3.61. The molecule has 2 aliphatic rings. The highest BCUT2D eigenvalue weighted by Crippen LogP contribution is 2.47. The zero-order valence-corrected chi connectivity index (χ0v) is 13.6. The van der Waals surface area contributed by atoms with Gasteiger partial charge in [0.1, 0.15) is 11.5 Å². The average molecular weight is 291 g/mol. The third-order valence-corrected chi connectivity index (χ3v) is 5.43. The number of nitrogens with two attached hydrogens (primary N) is 1. The van der Waals surface area contributed by atoms with Crippen molar-refractivity contribution in [2.75, 3.05) is 33.7 Å². The van der Waals surface area contributed by atoms with E-state index in [1.807, 2.05) is 0 Å². The monoisotopic (exact) mass is 291 g/mol. The summed E-state index contributed by atoms with van der Waals surface area (Å²) in [4.78, 5) is 4.84. The summed E-state index contributed by atoms with van der Waals surface area (Å²) in [6.45, 7) is 5.26. The third kappa shape index (κ3) is 3.17. The van der Waals surface area contributed by atoms with Crippen molar-refractivity contribution >= 4 is 0 Å². The molecule has 2 heterocycles. The molecule has 0 amide bonds. The number of likely N-dealkylation sites (tertiary alicyclic amines) is 1. The summed E-state index contributed by atoms with van der Waals surface area (Å²) in [7, 11) is 4.40. The number of rotatable bonds is 5. The standard InChI is InChI=1S/C17H29N3O/c1-12-10-14(12)16-4-5-17(21-16)15(11-18)20(3)13-6-8-19(2)9-7-13/h4-5,12-15H,6-11,18H2,1-3H3. The predicted octanol–water partition coefficient (Wildman–Crippen LogP) is 2.43. The number of nitrogens with zero attached hydrogens (tertiary/aromatic N) is 2. The van der Waals surface area contributed by atoms with Gasteiger partial charge in [0.25, 0.3) is 0 Å². The maximum absolute atomic E-state index is 6.13. The van der Waals surface area contributed by atoms with Crippen LogP contribution in [0.15, 0.2) is 16.5 Å². The molecule has 1 saturated heterocycles. The van der Waals surface area contributed by atoms with E-state index in [9.17, 15) is 0 Å². The normalized spacial score (nSPS) is 29.0. The van der Waals surface area contributed by atoms with Crippen LogP contribution in [0.3, 0.4) is 0 Å². The fourth-order valence-electron chi connectivity index (χ4n) is 3.61. The van der Waals surface area contributed by atoms with Crippen LogP contribution in [0, 0.1) is 5.92 Å². The Bertz CT molecular complexity index is 464. The number of hydrogen-bond acceptors (Lipinski definition) is 4. The number of likely N-dealkylation sites (N-methyl/N-ethyl adjacent to an activating group) is 1. The van der Waals surface area contributed by atoms with Crippen LogP contribution >= 0.6 is 0 Å². The smallest absolute Gasteiger partial charge is 0.122 e. The first kappa shape index (κ1) is 15.1. The molecule has 0 radical (unpaired) electrons. The Hall–Kier alpha value is -0.840. The Morgan fingerprint density at radius 1 is 1.38 bits per heavy atom. The summed E-state index contributed by atoms with van der Waals surface area (Å²) >= 11 is 0. The zero-order valence-electron chi connectivity index (χ0n) is 13.6. The highest BCUT2D eigenvalue weighted by molar-refractivity contribution is 5.19. The van der Waals surface area contributed by atoms with Gasteiger partial charge < -0.3 is 15.1 Å².